The van der Waals surface area contributed by atoms with E-state index < -0.39 is 23.7 Å². The zero-order valence-electron chi connectivity index (χ0n) is 14.9. The molecule has 2 N–H and O–H groups in total. The SMILES string of the molecule is CC(C)(C)OC(=O)NC(CCCc1cccc2ccccc12)C(=O)O. The van der Waals surface area contributed by atoms with Crippen LogP contribution in [0.3, 0.4) is 0 Å². The Morgan fingerprint density at radius 2 is 1.80 bits per heavy atom. The molecule has 2 aromatic rings. The Labute approximate surface area is 148 Å². The van der Waals surface area contributed by atoms with Crippen LogP contribution in [-0.4, -0.2) is 28.8 Å². The predicted molar refractivity (Wildman–Crippen MR) is 97.7 cm³/mol. The fourth-order valence-corrected chi connectivity index (χ4v) is 2.71. The Morgan fingerprint density at radius 1 is 1.12 bits per heavy atom. The highest BCUT2D eigenvalue weighted by molar-refractivity contribution is 5.85. The first-order valence-electron chi connectivity index (χ1n) is 8.45. The van der Waals surface area contributed by atoms with Gasteiger partial charge in [0.2, 0.25) is 0 Å². The molecule has 134 valence electrons. The average molecular weight is 343 g/mol. The number of alkyl carbamates (subject to hydrolysis) is 1. The first-order chi connectivity index (χ1) is 11.8. The van der Waals surface area contributed by atoms with Gasteiger partial charge in [0.1, 0.15) is 11.6 Å². The van der Waals surface area contributed by atoms with Crippen LogP contribution in [0.5, 0.6) is 0 Å². The Morgan fingerprint density at radius 3 is 2.48 bits per heavy atom. The molecular formula is C20H25NO4. The third-order valence-corrected chi connectivity index (χ3v) is 3.81. The van der Waals surface area contributed by atoms with Crippen LogP contribution >= 0.6 is 0 Å². The fourth-order valence-electron chi connectivity index (χ4n) is 2.71. The van der Waals surface area contributed by atoms with Crippen molar-refractivity contribution in [3.63, 3.8) is 0 Å². The summed E-state index contributed by atoms with van der Waals surface area (Å²) in [4.78, 5) is 23.2. The Hall–Kier alpha value is -2.56. The van der Waals surface area contributed by atoms with Gasteiger partial charge >= 0.3 is 12.1 Å². The van der Waals surface area contributed by atoms with Crippen LogP contribution in [0.1, 0.15) is 39.2 Å². The number of carbonyl (C=O) groups is 2. The third-order valence-electron chi connectivity index (χ3n) is 3.81. The number of aliphatic carboxylic acids is 1. The number of carboxylic acids is 1. The fraction of sp³-hybridized carbons (Fsp3) is 0.400. The van der Waals surface area contributed by atoms with Crippen molar-refractivity contribution in [1.29, 1.82) is 0 Å². The number of hydrogen-bond acceptors (Lipinski definition) is 3. The molecule has 5 nitrogen and oxygen atoms in total. The van der Waals surface area contributed by atoms with E-state index in [0.29, 0.717) is 12.8 Å². The predicted octanol–water partition coefficient (Wildman–Crippen LogP) is 4.14. The van der Waals surface area contributed by atoms with Gasteiger partial charge in [-0.3, -0.25) is 0 Å². The number of nitrogens with one attached hydrogen (secondary N) is 1. The zero-order chi connectivity index (χ0) is 18.4. The second-order valence-corrected chi connectivity index (χ2v) is 7.07. The van der Waals surface area contributed by atoms with Crippen LogP contribution in [0.2, 0.25) is 0 Å². The average Bonchev–Trinajstić information content (AvgIpc) is 2.52. The summed E-state index contributed by atoms with van der Waals surface area (Å²) in [5, 5.41) is 14.1. The van der Waals surface area contributed by atoms with Crippen molar-refractivity contribution >= 4 is 22.8 Å². The number of aryl methyl sites for hydroxylation is 1. The van der Waals surface area contributed by atoms with Crippen molar-refractivity contribution in [2.45, 2.75) is 51.7 Å². The second-order valence-electron chi connectivity index (χ2n) is 7.07. The van der Waals surface area contributed by atoms with Gasteiger partial charge in [-0.05, 0) is 56.4 Å². The van der Waals surface area contributed by atoms with Crippen LogP contribution in [0, 0.1) is 0 Å². The Bertz CT molecular complexity index is 743. The first-order valence-corrected chi connectivity index (χ1v) is 8.45. The largest absolute Gasteiger partial charge is 0.480 e. The quantitative estimate of drug-likeness (QED) is 0.826. The van der Waals surface area contributed by atoms with E-state index in [0.717, 1.165) is 6.42 Å². The molecule has 0 aliphatic rings. The minimum atomic E-state index is -1.05. The maximum atomic E-state index is 11.8. The number of hydrogen-bond donors (Lipinski definition) is 2. The standard InChI is InChI=1S/C20H25NO4/c1-20(2,3)25-19(24)21-17(18(22)23)13-7-11-15-10-6-9-14-8-4-5-12-16(14)15/h4-6,8-10,12,17H,7,11,13H2,1-3H3,(H,21,24)(H,22,23). The van der Waals surface area contributed by atoms with Gasteiger partial charge in [-0.15, -0.1) is 0 Å². The summed E-state index contributed by atoms with van der Waals surface area (Å²) >= 11 is 0. The number of fused-ring (bicyclic) bond motifs is 1. The highest BCUT2D eigenvalue weighted by Gasteiger charge is 2.23. The summed E-state index contributed by atoms with van der Waals surface area (Å²) < 4.78 is 5.13. The van der Waals surface area contributed by atoms with E-state index in [9.17, 15) is 14.7 Å². The number of amides is 1. The van der Waals surface area contributed by atoms with Crippen molar-refractivity contribution in [2.75, 3.05) is 0 Å². The van der Waals surface area contributed by atoms with Crippen molar-refractivity contribution in [3.05, 3.63) is 48.0 Å². The van der Waals surface area contributed by atoms with Crippen LogP contribution in [0.4, 0.5) is 4.79 Å². The summed E-state index contributed by atoms with van der Waals surface area (Å²) in [6.07, 6.45) is 1.05. The van der Waals surface area contributed by atoms with Crippen LogP contribution < -0.4 is 5.32 Å². The van der Waals surface area contributed by atoms with Crippen molar-refractivity contribution in [2.24, 2.45) is 0 Å². The summed E-state index contributed by atoms with van der Waals surface area (Å²) in [7, 11) is 0. The maximum Gasteiger partial charge on any atom is 0.408 e. The highest BCUT2D eigenvalue weighted by atomic mass is 16.6. The van der Waals surface area contributed by atoms with E-state index in [2.05, 4.69) is 29.6 Å². The molecule has 1 atom stereocenters. The summed E-state index contributed by atoms with van der Waals surface area (Å²) in [5.41, 5.74) is 0.523. The second kappa shape index (κ2) is 8.01. The molecule has 0 fully saturated rings. The molecule has 0 aliphatic carbocycles. The molecule has 5 heteroatoms. The minimum absolute atomic E-state index is 0.345. The van der Waals surface area contributed by atoms with Gasteiger partial charge in [-0.25, -0.2) is 9.59 Å². The monoisotopic (exact) mass is 343 g/mol. The van der Waals surface area contributed by atoms with Gasteiger partial charge in [0.05, 0.1) is 0 Å². The lowest BCUT2D eigenvalue weighted by molar-refractivity contribution is -0.139. The molecule has 0 spiro atoms. The van der Waals surface area contributed by atoms with Crippen LogP contribution in [-0.2, 0) is 16.0 Å². The van der Waals surface area contributed by atoms with Gasteiger partial charge < -0.3 is 15.2 Å². The van der Waals surface area contributed by atoms with Gasteiger partial charge in [0.15, 0.2) is 0 Å². The minimum Gasteiger partial charge on any atom is -0.480 e. The van der Waals surface area contributed by atoms with Crippen LogP contribution in [0.25, 0.3) is 10.8 Å². The summed E-state index contributed by atoms with van der Waals surface area (Å²) in [6.45, 7) is 5.22. The molecule has 1 unspecified atom stereocenters. The molecule has 0 saturated heterocycles. The lowest BCUT2D eigenvalue weighted by Crippen LogP contribution is -2.43. The zero-order valence-corrected chi connectivity index (χ0v) is 14.9. The Balaban J connectivity index is 1.95. The lowest BCUT2D eigenvalue weighted by Gasteiger charge is -2.22. The van der Waals surface area contributed by atoms with Gasteiger partial charge in [0, 0.05) is 0 Å². The lowest BCUT2D eigenvalue weighted by atomic mass is 9.99. The summed E-state index contributed by atoms with van der Waals surface area (Å²) in [6, 6.07) is 13.3. The molecule has 2 rings (SSSR count). The van der Waals surface area contributed by atoms with Crippen molar-refractivity contribution in [1.82, 2.24) is 5.32 Å². The van der Waals surface area contributed by atoms with E-state index in [1.807, 2.05) is 18.2 Å². The van der Waals surface area contributed by atoms with E-state index >= 15 is 0 Å². The first kappa shape index (κ1) is 18.8. The summed E-state index contributed by atoms with van der Waals surface area (Å²) in [5.74, 6) is -1.05. The van der Waals surface area contributed by atoms with Crippen molar-refractivity contribution < 1.29 is 19.4 Å². The van der Waals surface area contributed by atoms with E-state index in [4.69, 9.17) is 4.74 Å². The molecule has 0 aliphatic heterocycles. The number of carboxylic acid groups (broad SMARTS) is 1. The van der Waals surface area contributed by atoms with Gasteiger partial charge in [-0.2, -0.15) is 0 Å². The Kier molecular flexibility index (Phi) is 6.02. The molecule has 1 amide bonds. The molecular weight excluding hydrogens is 318 g/mol. The molecule has 0 bridgehead atoms. The maximum absolute atomic E-state index is 11.8. The number of rotatable bonds is 6. The van der Waals surface area contributed by atoms with Crippen LogP contribution in [0.15, 0.2) is 42.5 Å². The van der Waals surface area contributed by atoms with Gasteiger partial charge in [-0.1, -0.05) is 42.5 Å². The van der Waals surface area contributed by atoms with Gasteiger partial charge in [0.25, 0.3) is 0 Å². The molecule has 0 saturated carbocycles. The smallest absolute Gasteiger partial charge is 0.408 e. The molecule has 25 heavy (non-hydrogen) atoms. The molecule has 0 aromatic heterocycles. The van der Waals surface area contributed by atoms with Crippen molar-refractivity contribution in [3.8, 4) is 0 Å². The topological polar surface area (TPSA) is 75.6 Å². The van der Waals surface area contributed by atoms with E-state index in [1.54, 1.807) is 20.8 Å². The number of ether oxygens (including phenoxy) is 1. The van der Waals surface area contributed by atoms with E-state index in [1.165, 1.54) is 16.3 Å². The molecule has 0 radical (unpaired) electrons. The number of carbonyl (C=O) groups excluding carboxylic acids is 1. The third kappa shape index (κ3) is 5.78. The normalized spacial score (nSPS) is 12.6. The molecule has 2 aromatic carbocycles. The molecule has 0 heterocycles. The van der Waals surface area contributed by atoms with E-state index in [-0.39, 0.29) is 0 Å². The number of benzene rings is 2. The highest BCUT2D eigenvalue weighted by Crippen LogP contribution is 2.20.